The second-order valence-corrected chi connectivity index (χ2v) is 5.83. The van der Waals surface area contributed by atoms with Crippen LogP contribution >= 0.6 is 15.9 Å². The Balaban J connectivity index is 2.16. The Morgan fingerprint density at radius 1 is 1.19 bits per heavy atom. The summed E-state index contributed by atoms with van der Waals surface area (Å²) < 4.78 is 16.1. The number of rotatable bonds is 8. The molecule has 0 aliphatic rings. The van der Waals surface area contributed by atoms with Gasteiger partial charge in [0.25, 0.3) is 5.69 Å². The molecule has 0 fully saturated rings. The van der Waals surface area contributed by atoms with Gasteiger partial charge >= 0.3 is 5.97 Å². The molecule has 0 aliphatic carbocycles. The van der Waals surface area contributed by atoms with E-state index >= 15 is 0 Å². The summed E-state index contributed by atoms with van der Waals surface area (Å²) in [4.78, 5) is 33.5. The van der Waals surface area contributed by atoms with Crippen LogP contribution in [-0.2, 0) is 4.74 Å². The topological polar surface area (TPSA) is 105 Å². The van der Waals surface area contributed by atoms with Crippen molar-refractivity contribution in [3.8, 4) is 11.5 Å². The Hall–Kier alpha value is -2.78. The highest BCUT2D eigenvalue weighted by Crippen LogP contribution is 2.28. The number of carbonyl (C=O) groups is 2. The Morgan fingerprint density at radius 2 is 1.92 bits per heavy atom. The number of non-ortho nitro benzene ring substituents is 1. The predicted molar refractivity (Wildman–Crippen MR) is 95.0 cm³/mol. The van der Waals surface area contributed by atoms with Crippen LogP contribution in [0.2, 0.25) is 0 Å². The summed E-state index contributed by atoms with van der Waals surface area (Å²) in [5.41, 5.74) is -0.149. The summed E-state index contributed by atoms with van der Waals surface area (Å²) in [5, 5.41) is 10.7. The van der Waals surface area contributed by atoms with E-state index in [-0.39, 0.29) is 22.6 Å². The Kier molecular flexibility index (Phi) is 6.81. The fourth-order valence-electron chi connectivity index (χ4n) is 1.97. The second-order valence-electron chi connectivity index (χ2n) is 4.97. The van der Waals surface area contributed by atoms with Crippen molar-refractivity contribution < 1.29 is 28.7 Å². The number of esters is 1. The van der Waals surface area contributed by atoms with Gasteiger partial charge in [-0.05, 0) is 40.2 Å². The van der Waals surface area contributed by atoms with E-state index in [2.05, 4.69) is 15.9 Å². The monoisotopic (exact) mass is 423 g/mol. The molecule has 9 heteroatoms. The zero-order valence-corrected chi connectivity index (χ0v) is 15.2. The quantitative estimate of drug-likeness (QED) is 0.160. The highest BCUT2D eigenvalue weighted by molar-refractivity contribution is 9.10. The third kappa shape index (κ3) is 4.87. The summed E-state index contributed by atoms with van der Waals surface area (Å²) in [5.74, 6) is -0.249. The molecule has 2 aromatic carbocycles. The first kappa shape index (κ1) is 19.5. The number of methoxy groups -OCH3 is 1. The number of carbonyl (C=O) groups excluding carboxylic acids is 2. The molecule has 0 saturated heterocycles. The van der Waals surface area contributed by atoms with Crippen molar-refractivity contribution in [3.05, 3.63) is 62.1 Å². The van der Waals surface area contributed by atoms with E-state index in [0.29, 0.717) is 29.7 Å². The summed E-state index contributed by atoms with van der Waals surface area (Å²) >= 11 is 3.30. The predicted octanol–water partition coefficient (Wildman–Crippen LogP) is 3.41. The first-order valence-corrected chi connectivity index (χ1v) is 8.12. The number of nitro benzene ring substituents is 1. The molecule has 0 aromatic heterocycles. The van der Waals surface area contributed by atoms with Crippen LogP contribution in [0.25, 0.3) is 0 Å². The maximum Gasteiger partial charge on any atom is 0.343 e. The van der Waals surface area contributed by atoms with Gasteiger partial charge in [0.1, 0.15) is 18.1 Å². The van der Waals surface area contributed by atoms with Gasteiger partial charge in [0.05, 0.1) is 27.1 Å². The number of nitrogens with zero attached hydrogens (tertiary/aromatic N) is 1. The van der Waals surface area contributed by atoms with Gasteiger partial charge < -0.3 is 14.2 Å². The molecule has 2 rings (SSSR count). The van der Waals surface area contributed by atoms with Crippen LogP contribution < -0.4 is 9.47 Å². The first-order chi connectivity index (χ1) is 12.5. The van der Waals surface area contributed by atoms with Crippen molar-refractivity contribution in [2.75, 3.05) is 20.3 Å². The zero-order valence-electron chi connectivity index (χ0n) is 13.6. The van der Waals surface area contributed by atoms with Gasteiger partial charge in [-0.25, -0.2) is 4.79 Å². The highest BCUT2D eigenvalue weighted by atomic mass is 79.9. The van der Waals surface area contributed by atoms with Crippen LogP contribution in [0.1, 0.15) is 20.7 Å². The molecular formula is C17H14BrNO7. The molecule has 0 aliphatic heterocycles. The summed E-state index contributed by atoms with van der Waals surface area (Å²) in [7, 11) is 1.56. The van der Waals surface area contributed by atoms with Gasteiger partial charge in [-0.2, -0.15) is 0 Å². The van der Waals surface area contributed by atoms with E-state index in [4.69, 9.17) is 14.2 Å². The number of aldehydes is 1. The summed E-state index contributed by atoms with van der Waals surface area (Å²) in [6.45, 7) is 0.773. The van der Waals surface area contributed by atoms with Crippen LogP contribution in [0.4, 0.5) is 5.69 Å². The molecule has 8 nitrogen and oxygen atoms in total. The minimum Gasteiger partial charge on any atom is -0.490 e. The van der Waals surface area contributed by atoms with Crippen molar-refractivity contribution in [2.24, 2.45) is 0 Å². The van der Waals surface area contributed by atoms with Crippen molar-refractivity contribution in [2.45, 2.75) is 0 Å². The average molecular weight is 424 g/mol. The molecule has 0 heterocycles. The minimum absolute atomic E-state index is 0.0628. The standard InChI is InChI=1S/C17H14BrNO7/c1-24-6-7-25-16-4-2-11(9-14(16)18)17(21)26-15-5-3-13(19(22)23)8-12(15)10-20/h2-5,8-10H,6-7H2,1H3. The molecule has 0 N–H and O–H groups in total. The van der Waals surface area contributed by atoms with Crippen molar-refractivity contribution in [3.63, 3.8) is 0 Å². The van der Waals surface area contributed by atoms with E-state index in [1.807, 2.05) is 0 Å². The van der Waals surface area contributed by atoms with Crippen LogP contribution in [-0.4, -0.2) is 37.5 Å². The molecule has 2 aromatic rings. The molecule has 0 spiro atoms. The van der Waals surface area contributed by atoms with Crippen molar-refractivity contribution in [1.29, 1.82) is 0 Å². The lowest BCUT2D eigenvalue weighted by Crippen LogP contribution is -2.10. The lowest BCUT2D eigenvalue weighted by Gasteiger charge is -2.10. The van der Waals surface area contributed by atoms with Crippen LogP contribution in [0.15, 0.2) is 40.9 Å². The molecular weight excluding hydrogens is 410 g/mol. The van der Waals surface area contributed by atoms with E-state index in [9.17, 15) is 19.7 Å². The summed E-state index contributed by atoms with van der Waals surface area (Å²) in [6.07, 6.45) is 0.387. The van der Waals surface area contributed by atoms with Crippen LogP contribution in [0, 0.1) is 10.1 Å². The van der Waals surface area contributed by atoms with Gasteiger partial charge in [-0.3, -0.25) is 14.9 Å². The number of halogens is 1. The number of nitro groups is 1. The molecule has 0 amide bonds. The largest absolute Gasteiger partial charge is 0.490 e. The Labute approximate surface area is 156 Å². The Bertz CT molecular complexity index is 838. The number of hydrogen-bond donors (Lipinski definition) is 0. The second kappa shape index (κ2) is 9.07. The molecule has 0 bridgehead atoms. The SMILES string of the molecule is COCCOc1ccc(C(=O)Oc2ccc([N+](=O)[O-])cc2C=O)cc1Br. The minimum atomic E-state index is -0.717. The number of hydrogen-bond acceptors (Lipinski definition) is 7. The van der Waals surface area contributed by atoms with Gasteiger partial charge in [0, 0.05) is 19.2 Å². The van der Waals surface area contributed by atoms with Gasteiger partial charge in [-0.1, -0.05) is 0 Å². The lowest BCUT2D eigenvalue weighted by atomic mass is 10.2. The zero-order chi connectivity index (χ0) is 19.1. The molecule has 0 saturated carbocycles. The van der Waals surface area contributed by atoms with E-state index < -0.39 is 10.9 Å². The number of ether oxygens (including phenoxy) is 3. The van der Waals surface area contributed by atoms with E-state index in [1.165, 1.54) is 18.2 Å². The first-order valence-electron chi connectivity index (χ1n) is 7.33. The van der Waals surface area contributed by atoms with Gasteiger partial charge in [0.15, 0.2) is 6.29 Å². The fraction of sp³-hybridized carbons (Fsp3) is 0.176. The molecule has 0 unspecified atom stereocenters. The van der Waals surface area contributed by atoms with Crippen molar-refractivity contribution >= 4 is 33.9 Å². The van der Waals surface area contributed by atoms with E-state index in [1.54, 1.807) is 13.2 Å². The number of benzene rings is 2. The maximum absolute atomic E-state index is 12.3. The van der Waals surface area contributed by atoms with Crippen molar-refractivity contribution in [1.82, 2.24) is 0 Å². The molecule has 0 radical (unpaired) electrons. The van der Waals surface area contributed by atoms with Crippen LogP contribution in [0.5, 0.6) is 11.5 Å². The lowest BCUT2D eigenvalue weighted by molar-refractivity contribution is -0.384. The molecule has 0 atom stereocenters. The summed E-state index contributed by atoms with van der Waals surface area (Å²) in [6, 6.07) is 8.00. The maximum atomic E-state index is 12.3. The third-order valence-corrected chi connectivity index (χ3v) is 3.87. The van der Waals surface area contributed by atoms with E-state index in [0.717, 1.165) is 12.1 Å². The highest BCUT2D eigenvalue weighted by Gasteiger charge is 2.16. The normalized spacial score (nSPS) is 10.2. The fourth-order valence-corrected chi connectivity index (χ4v) is 2.47. The average Bonchev–Trinajstić information content (AvgIpc) is 2.63. The molecule has 26 heavy (non-hydrogen) atoms. The Morgan fingerprint density at radius 3 is 2.54 bits per heavy atom. The smallest absolute Gasteiger partial charge is 0.343 e. The van der Waals surface area contributed by atoms with Crippen LogP contribution in [0.3, 0.4) is 0 Å². The third-order valence-electron chi connectivity index (χ3n) is 3.25. The van der Waals surface area contributed by atoms with Gasteiger partial charge in [0.2, 0.25) is 0 Å². The molecule has 136 valence electrons. The van der Waals surface area contributed by atoms with Gasteiger partial charge in [-0.15, -0.1) is 0 Å².